The second-order valence-electron chi connectivity index (χ2n) is 9.22. The molecule has 1 spiro atoms. The van der Waals surface area contributed by atoms with Gasteiger partial charge >= 0.3 is 5.97 Å². The molecule has 0 N–H and O–H groups in total. The van der Waals surface area contributed by atoms with E-state index in [0.717, 1.165) is 0 Å². The molecule has 0 bridgehead atoms. The van der Waals surface area contributed by atoms with Crippen LogP contribution >= 0.6 is 0 Å². The SMILES string of the molecule is CCOC(=O)c1c(C)oc(C)c1S(=O)(=O)N1CCC2(CCN(C(=O)c3c(C)noc3C)CC2)C1. The summed E-state index contributed by atoms with van der Waals surface area (Å²) in [5.41, 5.74) is 0.840. The fourth-order valence-corrected chi connectivity index (χ4v) is 7.10. The number of carbonyl (C=O) groups is 2. The van der Waals surface area contributed by atoms with Gasteiger partial charge in [0.2, 0.25) is 10.0 Å². The molecule has 2 aromatic heterocycles. The molecule has 2 aromatic rings. The second kappa shape index (κ2) is 8.84. The highest BCUT2D eigenvalue weighted by atomic mass is 32.2. The first kappa shape index (κ1) is 24.5. The molecule has 1 amide bonds. The van der Waals surface area contributed by atoms with E-state index >= 15 is 0 Å². The van der Waals surface area contributed by atoms with Gasteiger partial charge in [-0.05, 0) is 59.3 Å². The number of aromatic nitrogens is 1. The summed E-state index contributed by atoms with van der Waals surface area (Å²) in [6.07, 6.45) is 2.09. The van der Waals surface area contributed by atoms with Crippen LogP contribution in [0.15, 0.2) is 13.8 Å². The third-order valence-electron chi connectivity index (χ3n) is 7.04. The van der Waals surface area contributed by atoms with E-state index in [0.29, 0.717) is 62.5 Å². The topological polar surface area (TPSA) is 123 Å². The number of rotatable bonds is 5. The predicted molar refractivity (Wildman–Crippen MR) is 121 cm³/mol. The Hall–Kier alpha value is -2.66. The maximum absolute atomic E-state index is 13.6. The first-order valence-corrected chi connectivity index (χ1v) is 12.9. The van der Waals surface area contributed by atoms with Gasteiger partial charge in [-0.3, -0.25) is 4.79 Å². The van der Waals surface area contributed by atoms with Gasteiger partial charge in [-0.2, -0.15) is 4.31 Å². The average Bonchev–Trinajstić information content (AvgIpc) is 3.44. The largest absolute Gasteiger partial charge is 0.464 e. The third-order valence-corrected chi connectivity index (χ3v) is 9.04. The maximum atomic E-state index is 13.6. The van der Waals surface area contributed by atoms with E-state index in [1.807, 2.05) is 0 Å². The summed E-state index contributed by atoms with van der Waals surface area (Å²) in [6, 6.07) is 0. The minimum absolute atomic E-state index is 0.0276. The Morgan fingerprint density at radius 1 is 1.00 bits per heavy atom. The van der Waals surface area contributed by atoms with Crippen molar-refractivity contribution in [2.75, 3.05) is 32.8 Å². The van der Waals surface area contributed by atoms with Crippen LogP contribution in [0.25, 0.3) is 0 Å². The number of hydrogen-bond donors (Lipinski definition) is 0. The first-order valence-electron chi connectivity index (χ1n) is 11.5. The number of hydrogen-bond acceptors (Lipinski definition) is 8. The van der Waals surface area contributed by atoms with Gasteiger partial charge in [0, 0.05) is 26.2 Å². The lowest BCUT2D eigenvalue weighted by molar-refractivity contribution is 0.0519. The predicted octanol–water partition coefficient (Wildman–Crippen LogP) is 2.99. The van der Waals surface area contributed by atoms with Gasteiger partial charge in [0.05, 0.1) is 12.3 Å². The van der Waals surface area contributed by atoms with Crippen molar-refractivity contribution in [1.29, 1.82) is 0 Å². The molecule has 0 unspecified atom stereocenters. The van der Waals surface area contributed by atoms with Crippen LogP contribution in [-0.4, -0.2) is 67.4 Å². The van der Waals surface area contributed by atoms with E-state index in [9.17, 15) is 18.0 Å². The number of sulfonamides is 1. The lowest BCUT2D eigenvalue weighted by Gasteiger charge is -2.39. The van der Waals surface area contributed by atoms with Crippen molar-refractivity contribution in [2.24, 2.45) is 5.41 Å². The van der Waals surface area contributed by atoms with Crippen LogP contribution in [-0.2, 0) is 14.8 Å². The lowest BCUT2D eigenvalue weighted by Crippen LogP contribution is -2.45. The number of likely N-dealkylation sites (tertiary alicyclic amines) is 1. The Kier molecular flexibility index (Phi) is 6.36. The van der Waals surface area contributed by atoms with E-state index < -0.39 is 16.0 Å². The van der Waals surface area contributed by atoms with Crippen molar-refractivity contribution < 1.29 is 31.7 Å². The fraction of sp³-hybridized carbons (Fsp3) is 0.609. The van der Waals surface area contributed by atoms with E-state index in [1.54, 1.807) is 39.5 Å². The van der Waals surface area contributed by atoms with Crippen molar-refractivity contribution in [3.63, 3.8) is 0 Å². The minimum Gasteiger partial charge on any atom is -0.464 e. The van der Waals surface area contributed by atoms with Crippen LogP contribution in [0.4, 0.5) is 0 Å². The smallest absolute Gasteiger partial charge is 0.343 e. The summed E-state index contributed by atoms with van der Waals surface area (Å²) < 4.78 is 44.4. The highest BCUT2D eigenvalue weighted by Crippen LogP contribution is 2.43. The number of piperidine rings is 1. The molecule has 2 aliphatic rings. The molecule has 2 fully saturated rings. The number of nitrogens with zero attached hydrogens (tertiary/aromatic N) is 3. The summed E-state index contributed by atoms with van der Waals surface area (Å²) in [7, 11) is -3.96. The third kappa shape index (κ3) is 4.04. The van der Waals surface area contributed by atoms with E-state index in [2.05, 4.69) is 5.16 Å². The summed E-state index contributed by atoms with van der Waals surface area (Å²) >= 11 is 0. The van der Waals surface area contributed by atoms with E-state index in [-0.39, 0.29) is 39.9 Å². The number of furan rings is 1. The Morgan fingerprint density at radius 2 is 1.65 bits per heavy atom. The van der Waals surface area contributed by atoms with Crippen LogP contribution in [0, 0.1) is 33.1 Å². The number of ether oxygens (including phenoxy) is 1. The summed E-state index contributed by atoms with van der Waals surface area (Å²) in [5, 5.41) is 3.87. The Balaban J connectivity index is 1.50. The monoisotopic (exact) mass is 493 g/mol. The van der Waals surface area contributed by atoms with Crippen LogP contribution < -0.4 is 0 Å². The maximum Gasteiger partial charge on any atom is 0.343 e. The number of carbonyl (C=O) groups excluding carboxylic acids is 2. The molecule has 186 valence electrons. The van der Waals surface area contributed by atoms with Crippen molar-refractivity contribution in [2.45, 2.75) is 58.8 Å². The van der Waals surface area contributed by atoms with Gasteiger partial charge in [-0.25, -0.2) is 13.2 Å². The Labute approximate surface area is 199 Å². The van der Waals surface area contributed by atoms with Gasteiger partial charge in [0.1, 0.15) is 33.3 Å². The molecular formula is C23H31N3O7S. The van der Waals surface area contributed by atoms with Gasteiger partial charge < -0.3 is 18.6 Å². The van der Waals surface area contributed by atoms with Crippen molar-refractivity contribution in [3.8, 4) is 0 Å². The zero-order chi connectivity index (χ0) is 24.8. The highest BCUT2D eigenvalue weighted by molar-refractivity contribution is 7.89. The molecule has 34 heavy (non-hydrogen) atoms. The normalized spacial score (nSPS) is 18.6. The molecule has 2 aliphatic heterocycles. The standard InChI is InChI=1S/C23H31N3O7S/c1-6-31-22(28)19-15(3)32-17(5)20(19)34(29,30)26-12-9-23(13-26)7-10-25(11-8-23)21(27)18-14(2)24-33-16(18)4/h6-13H2,1-5H3. The van der Waals surface area contributed by atoms with Crippen LogP contribution in [0.2, 0.25) is 0 Å². The van der Waals surface area contributed by atoms with Gasteiger partial charge in [0.15, 0.2) is 0 Å². The number of amides is 1. The lowest BCUT2D eigenvalue weighted by atomic mass is 9.78. The van der Waals surface area contributed by atoms with E-state index in [1.165, 1.54) is 4.31 Å². The summed E-state index contributed by atoms with van der Waals surface area (Å²) in [6.45, 7) is 10.2. The van der Waals surface area contributed by atoms with E-state index in [4.69, 9.17) is 13.7 Å². The average molecular weight is 494 g/mol. The molecule has 0 aliphatic carbocycles. The summed E-state index contributed by atoms with van der Waals surface area (Å²) in [4.78, 5) is 27.1. The highest BCUT2D eigenvalue weighted by Gasteiger charge is 2.47. The molecule has 4 heterocycles. The second-order valence-corrected chi connectivity index (χ2v) is 11.1. The fourth-order valence-electron chi connectivity index (χ4n) is 5.18. The molecule has 0 saturated carbocycles. The molecule has 11 heteroatoms. The Bertz CT molecular complexity index is 1200. The number of aryl methyl sites for hydroxylation is 4. The minimum atomic E-state index is -3.96. The van der Waals surface area contributed by atoms with Crippen LogP contribution in [0.5, 0.6) is 0 Å². The molecule has 0 atom stereocenters. The zero-order valence-corrected chi connectivity index (χ0v) is 21.1. The molecule has 4 rings (SSSR count). The van der Waals surface area contributed by atoms with Gasteiger partial charge in [-0.1, -0.05) is 5.16 Å². The van der Waals surface area contributed by atoms with Crippen molar-refractivity contribution in [3.05, 3.63) is 34.1 Å². The molecule has 10 nitrogen and oxygen atoms in total. The quantitative estimate of drug-likeness (QED) is 0.583. The van der Waals surface area contributed by atoms with Crippen molar-refractivity contribution >= 4 is 21.9 Å². The molecular weight excluding hydrogens is 462 g/mol. The van der Waals surface area contributed by atoms with Gasteiger partial charge in [0.25, 0.3) is 5.91 Å². The Morgan fingerprint density at radius 3 is 2.24 bits per heavy atom. The number of esters is 1. The summed E-state index contributed by atoms with van der Waals surface area (Å²) in [5.74, 6) is 0.118. The molecule has 2 saturated heterocycles. The molecule has 0 radical (unpaired) electrons. The van der Waals surface area contributed by atoms with Gasteiger partial charge in [-0.15, -0.1) is 0 Å². The molecule has 0 aromatic carbocycles. The van der Waals surface area contributed by atoms with Crippen molar-refractivity contribution in [1.82, 2.24) is 14.4 Å². The van der Waals surface area contributed by atoms with Crippen LogP contribution in [0.1, 0.15) is 69.9 Å². The first-order chi connectivity index (χ1) is 16.0. The van der Waals surface area contributed by atoms with Crippen LogP contribution in [0.3, 0.4) is 0 Å². The zero-order valence-electron chi connectivity index (χ0n) is 20.3.